The highest BCUT2D eigenvalue weighted by molar-refractivity contribution is 5.93. The van der Waals surface area contributed by atoms with Gasteiger partial charge in [-0.25, -0.2) is 4.39 Å². The second-order valence-electron chi connectivity index (χ2n) is 4.24. The average Bonchev–Trinajstić information content (AvgIpc) is 2.89. The highest BCUT2D eigenvalue weighted by Gasteiger charge is 2.14. The van der Waals surface area contributed by atoms with Crippen molar-refractivity contribution in [3.63, 3.8) is 0 Å². The fourth-order valence-corrected chi connectivity index (χ4v) is 1.90. The molecule has 2 rings (SSSR count). The molecule has 0 saturated carbocycles. The van der Waals surface area contributed by atoms with E-state index >= 15 is 0 Å². The molecule has 0 spiro atoms. The molecule has 20 heavy (non-hydrogen) atoms. The van der Waals surface area contributed by atoms with Gasteiger partial charge in [-0.1, -0.05) is 18.2 Å². The summed E-state index contributed by atoms with van der Waals surface area (Å²) in [5, 5.41) is 6.90. The maximum Gasteiger partial charge on any atom is 0.272 e. The van der Waals surface area contributed by atoms with Gasteiger partial charge in [0.2, 0.25) is 0 Å². The van der Waals surface area contributed by atoms with Crippen LogP contribution in [0.1, 0.15) is 17.4 Å². The van der Waals surface area contributed by atoms with Crippen LogP contribution in [0.2, 0.25) is 0 Å². The fourth-order valence-electron chi connectivity index (χ4n) is 1.90. The lowest BCUT2D eigenvalue weighted by Crippen LogP contribution is -2.23. The van der Waals surface area contributed by atoms with Gasteiger partial charge in [0, 0.05) is 18.7 Å². The van der Waals surface area contributed by atoms with Gasteiger partial charge in [-0.15, -0.1) is 6.58 Å². The summed E-state index contributed by atoms with van der Waals surface area (Å²) < 4.78 is 15.0. The minimum Gasteiger partial charge on any atom is -0.347 e. The first kappa shape index (κ1) is 14.0. The van der Waals surface area contributed by atoms with E-state index in [1.807, 2.05) is 6.92 Å². The number of hydrogen-bond donors (Lipinski definition) is 1. The Hall–Kier alpha value is -2.43. The predicted molar refractivity (Wildman–Crippen MR) is 75.8 cm³/mol. The number of nitrogens with one attached hydrogen (secondary N) is 1. The highest BCUT2D eigenvalue weighted by Crippen LogP contribution is 2.21. The quantitative estimate of drug-likeness (QED) is 0.851. The minimum absolute atomic E-state index is 0.269. The third-order valence-electron chi connectivity index (χ3n) is 2.84. The van der Waals surface area contributed by atoms with Crippen molar-refractivity contribution in [1.29, 1.82) is 0 Å². The van der Waals surface area contributed by atoms with Crippen molar-refractivity contribution in [2.75, 3.05) is 6.54 Å². The first-order chi connectivity index (χ1) is 9.65. The Morgan fingerprint density at radius 1 is 1.50 bits per heavy atom. The van der Waals surface area contributed by atoms with E-state index in [0.29, 0.717) is 24.3 Å². The first-order valence-electron chi connectivity index (χ1n) is 6.38. The van der Waals surface area contributed by atoms with Gasteiger partial charge in [0.25, 0.3) is 5.91 Å². The number of rotatable bonds is 5. The van der Waals surface area contributed by atoms with E-state index in [2.05, 4.69) is 17.0 Å². The number of aromatic nitrogens is 2. The summed E-state index contributed by atoms with van der Waals surface area (Å²) in [6, 6.07) is 7.89. The zero-order valence-corrected chi connectivity index (χ0v) is 11.3. The average molecular weight is 273 g/mol. The van der Waals surface area contributed by atoms with Crippen LogP contribution in [0.5, 0.6) is 0 Å². The van der Waals surface area contributed by atoms with E-state index in [4.69, 9.17) is 0 Å². The maximum atomic E-state index is 13.3. The Morgan fingerprint density at radius 3 is 2.95 bits per heavy atom. The van der Waals surface area contributed by atoms with Crippen molar-refractivity contribution in [1.82, 2.24) is 15.1 Å². The summed E-state index contributed by atoms with van der Waals surface area (Å²) in [6.07, 6.45) is 1.60. The van der Waals surface area contributed by atoms with Crippen LogP contribution in [0.3, 0.4) is 0 Å². The number of carbonyl (C=O) groups is 1. The van der Waals surface area contributed by atoms with Crippen LogP contribution in [-0.4, -0.2) is 22.2 Å². The lowest BCUT2D eigenvalue weighted by atomic mass is 10.1. The fraction of sp³-hybridized carbons (Fsp3) is 0.200. The molecule has 0 saturated heterocycles. The third-order valence-corrected chi connectivity index (χ3v) is 2.84. The van der Waals surface area contributed by atoms with Crippen molar-refractivity contribution in [2.24, 2.45) is 0 Å². The summed E-state index contributed by atoms with van der Waals surface area (Å²) >= 11 is 0. The van der Waals surface area contributed by atoms with Crippen LogP contribution < -0.4 is 5.32 Å². The van der Waals surface area contributed by atoms with Gasteiger partial charge in [-0.2, -0.15) is 5.10 Å². The van der Waals surface area contributed by atoms with E-state index in [9.17, 15) is 9.18 Å². The molecule has 1 aromatic heterocycles. The van der Waals surface area contributed by atoms with Crippen LogP contribution in [0.4, 0.5) is 4.39 Å². The molecule has 0 fully saturated rings. The van der Waals surface area contributed by atoms with Crippen LogP contribution in [0, 0.1) is 5.82 Å². The smallest absolute Gasteiger partial charge is 0.272 e. The van der Waals surface area contributed by atoms with E-state index in [1.165, 1.54) is 12.1 Å². The molecule has 5 heteroatoms. The predicted octanol–water partition coefficient (Wildman–Crippen LogP) is 2.62. The second kappa shape index (κ2) is 6.14. The van der Waals surface area contributed by atoms with Gasteiger partial charge in [0.1, 0.15) is 5.82 Å². The van der Waals surface area contributed by atoms with E-state index < -0.39 is 0 Å². The molecule has 0 atom stereocenters. The normalized spacial score (nSPS) is 10.3. The number of nitrogens with zero attached hydrogens (tertiary/aromatic N) is 2. The molecule has 1 N–H and O–H groups in total. The van der Waals surface area contributed by atoms with Crippen molar-refractivity contribution >= 4 is 5.91 Å². The third kappa shape index (κ3) is 2.93. The Labute approximate surface area is 116 Å². The zero-order chi connectivity index (χ0) is 14.5. The molecular weight excluding hydrogens is 257 g/mol. The molecule has 0 unspecified atom stereocenters. The first-order valence-corrected chi connectivity index (χ1v) is 6.38. The summed E-state index contributed by atoms with van der Waals surface area (Å²) in [5.74, 6) is -0.584. The van der Waals surface area contributed by atoms with Crippen molar-refractivity contribution < 1.29 is 9.18 Å². The van der Waals surface area contributed by atoms with Gasteiger partial charge in [-0.05, 0) is 25.1 Å². The summed E-state index contributed by atoms with van der Waals surface area (Å²) in [7, 11) is 0. The number of hydrogen-bond acceptors (Lipinski definition) is 2. The zero-order valence-electron chi connectivity index (χ0n) is 11.3. The van der Waals surface area contributed by atoms with Crippen LogP contribution in [-0.2, 0) is 6.54 Å². The largest absolute Gasteiger partial charge is 0.347 e. The van der Waals surface area contributed by atoms with Gasteiger partial charge in [-0.3, -0.25) is 9.48 Å². The molecular formula is C15H16FN3O. The number of benzene rings is 1. The van der Waals surface area contributed by atoms with E-state index in [0.717, 1.165) is 5.69 Å². The van der Waals surface area contributed by atoms with E-state index in [1.54, 1.807) is 29.0 Å². The monoisotopic (exact) mass is 273 g/mol. The molecule has 1 aromatic carbocycles. The van der Waals surface area contributed by atoms with Gasteiger partial charge >= 0.3 is 0 Å². The van der Waals surface area contributed by atoms with Gasteiger partial charge < -0.3 is 5.32 Å². The van der Waals surface area contributed by atoms with Crippen molar-refractivity contribution in [2.45, 2.75) is 13.5 Å². The Morgan fingerprint density at radius 2 is 2.30 bits per heavy atom. The molecule has 0 radical (unpaired) electrons. The Balaban J connectivity index is 2.36. The molecule has 1 heterocycles. The molecule has 0 aliphatic rings. The molecule has 4 nitrogen and oxygen atoms in total. The maximum absolute atomic E-state index is 13.3. The van der Waals surface area contributed by atoms with Crippen LogP contribution in [0.15, 0.2) is 43.0 Å². The van der Waals surface area contributed by atoms with Gasteiger partial charge in [0.05, 0.1) is 5.69 Å². The summed E-state index contributed by atoms with van der Waals surface area (Å²) in [4.78, 5) is 11.9. The molecule has 104 valence electrons. The topological polar surface area (TPSA) is 46.9 Å². The number of halogens is 1. The molecule has 0 aliphatic carbocycles. The molecule has 0 aliphatic heterocycles. The van der Waals surface area contributed by atoms with Crippen molar-refractivity contribution in [3.05, 3.63) is 54.5 Å². The summed E-state index contributed by atoms with van der Waals surface area (Å²) in [5.41, 5.74) is 1.73. The number of amides is 1. The highest BCUT2D eigenvalue weighted by atomic mass is 19.1. The molecule has 0 bridgehead atoms. The van der Waals surface area contributed by atoms with Crippen LogP contribution in [0.25, 0.3) is 11.3 Å². The van der Waals surface area contributed by atoms with Crippen LogP contribution >= 0.6 is 0 Å². The summed E-state index contributed by atoms with van der Waals surface area (Å²) in [6.45, 7) is 6.44. The lowest BCUT2D eigenvalue weighted by molar-refractivity contribution is 0.0952. The molecule has 2 aromatic rings. The number of aryl methyl sites for hydroxylation is 1. The Kier molecular flexibility index (Phi) is 4.30. The minimum atomic E-state index is -0.316. The second-order valence-corrected chi connectivity index (χ2v) is 4.24. The van der Waals surface area contributed by atoms with Gasteiger partial charge in [0.15, 0.2) is 5.69 Å². The Bertz CT molecular complexity index is 634. The molecule has 1 amide bonds. The lowest BCUT2D eigenvalue weighted by Gasteiger charge is -2.04. The number of carbonyl (C=O) groups excluding carboxylic acids is 1. The van der Waals surface area contributed by atoms with E-state index in [-0.39, 0.29) is 11.7 Å². The standard InChI is InChI=1S/C15H16FN3O/c1-3-8-17-15(20)13-10-14(19(4-2)18-13)11-6-5-7-12(16)9-11/h3,5-7,9-10H,1,4,8H2,2H3,(H,17,20). The SMILES string of the molecule is C=CCNC(=O)c1cc(-c2cccc(F)c2)n(CC)n1. The van der Waals surface area contributed by atoms with Crippen molar-refractivity contribution in [3.8, 4) is 11.3 Å².